The summed E-state index contributed by atoms with van der Waals surface area (Å²) in [6.45, 7) is 0. The molecule has 0 aromatic rings. The second kappa shape index (κ2) is 4.00. The molecule has 7 nitrogen and oxygen atoms in total. The van der Waals surface area contributed by atoms with Gasteiger partial charge in [0.2, 0.25) is 0 Å². The Labute approximate surface area is 53.7 Å². The van der Waals surface area contributed by atoms with E-state index in [1.54, 1.807) is 0 Å². The van der Waals surface area contributed by atoms with E-state index in [0.717, 1.165) is 0 Å². The van der Waals surface area contributed by atoms with Gasteiger partial charge < -0.3 is 0 Å². The summed E-state index contributed by atoms with van der Waals surface area (Å²) in [5.41, 5.74) is 0. The summed E-state index contributed by atoms with van der Waals surface area (Å²) in [6.07, 6.45) is 0. The minimum absolute atomic E-state index is 0.421. The van der Waals surface area contributed by atoms with Crippen molar-refractivity contribution >= 4 is 20.2 Å². The lowest BCUT2D eigenvalue weighted by molar-refractivity contribution is -0.590. The largest absolute Gasteiger partial charge is 0.348 e. The molecule has 0 aliphatic heterocycles. The van der Waals surface area contributed by atoms with Crippen molar-refractivity contribution in [1.29, 1.82) is 0 Å². The first kappa shape index (κ1) is 9.10. The average Bonchev–Trinajstić information content (AvgIpc) is 1.63. The van der Waals surface area contributed by atoms with Crippen molar-refractivity contribution in [3.05, 3.63) is 0 Å². The highest BCUT2D eigenvalue weighted by Gasteiger charge is 2.06. The lowest BCUT2D eigenvalue weighted by atomic mass is 14.4. The van der Waals surface area contributed by atoms with E-state index in [-0.39, 0.29) is 0 Å². The first-order valence-electron chi connectivity index (χ1n) is 1.37. The van der Waals surface area contributed by atoms with Crippen LogP contribution in [0.3, 0.4) is 0 Å². The maximum absolute atomic E-state index is 9.68. The van der Waals surface area contributed by atoms with Crippen LogP contribution in [0, 0.1) is 0 Å². The predicted octanol–water partition coefficient (Wildman–Crippen LogP) is -0.210. The molecule has 0 radical (unpaired) electrons. The van der Waals surface area contributed by atoms with E-state index in [2.05, 4.69) is 14.4 Å². The molecule has 0 amide bonds. The zero-order valence-electron chi connectivity index (χ0n) is 3.75. The molecule has 0 fully saturated rings. The van der Waals surface area contributed by atoms with Gasteiger partial charge in [-0.25, -0.2) is 5.26 Å². The van der Waals surface area contributed by atoms with Gasteiger partial charge in [0, 0.05) is 0 Å². The first-order chi connectivity index (χ1) is 4.06. The zero-order chi connectivity index (χ0) is 7.33. The van der Waals surface area contributed by atoms with E-state index in [9.17, 15) is 8.42 Å². The molecule has 0 spiro atoms. The van der Waals surface area contributed by atoms with Crippen LogP contribution in [-0.2, 0) is 23.6 Å². The lowest BCUT2D eigenvalue weighted by Gasteiger charge is -1.90. The summed E-state index contributed by atoms with van der Waals surface area (Å²) in [5.74, 6) is 0. The lowest BCUT2D eigenvalue weighted by Crippen LogP contribution is -1.92. The van der Waals surface area contributed by atoms with E-state index < -0.39 is 20.2 Å². The summed E-state index contributed by atoms with van der Waals surface area (Å²) in [5, 5.41) is 13.3. The zero-order valence-corrected chi connectivity index (χ0v) is 5.39. The highest BCUT2D eigenvalue weighted by atomic mass is 33.2. The number of hydrogen-bond donors (Lipinski definition) is 2. The molecule has 0 saturated heterocycles. The third-order valence-electron chi connectivity index (χ3n) is 0.172. The van der Waals surface area contributed by atoms with Crippen LogP contribution < -0.4 is 0 Å². The van der Waals surface area contributed by atoms with Gasteiger partial charge in [-0.1, -0.05) is 0 Å². The maximum Gasteiger partial charge on any atom is 0.348 e. The van der Waals surface area contributed by atoms with Crippen molar-refractivity contribution in [1.82, 2.24) is 0 Å². The molecule has 0 bridgehead atoms. The Bertz CT molecular complexity index is 142. The normalized spacial score (nSPS) is 11.8. The molecule has 0 aromatic heterocycles. The van der Waals surface area contributed by atoms with Crippen LogP contribution in [0.25, 0.3) is 0 Å². The Kier molecular flexibility index (Phi) is 4.05. The second-order valence-electron chi connectivity index (χ2n) is 0.706. The quantitative estimate of drug-likeness (QED) is 0.152. The summed E-state index contributed by atoms with van der Waals surface area (Å²) in [7, 11) is -4.32. The van der Waals surface area contributed by atoms with Gasteiger partial charge >= 0.3 is 9.15 Å². The van der Waals surface area contributed by atoms with Gasteiger partial charge in [-0.05, 0) is 10.1 Å². The average molecular weight is 178 g/mol. The van der Waals surface area contributed by atoms with E-state index in [1.807, 2.05) is 0 Å². The molecule has 2 N–H and O–H groups in total. The third kappa shape index (κ3) is 8.10. The van der Waals surface area contributed by atoms with Crippen molar-refractivity contribution in [2.24, 2.45) is 0 Å². The van der Waals surface area contributed by atoms with Crippen LogP contribution in [0.5, 0.6) is 0 Å². The van der Waals surface area contributed by atoms with Crippen LogP contribution in [0.4, 0.5) is 0 Å². The summed E-state index contributed by atoms with van der Waals surface area (Å²) in [4.78, 5) is 0. The monoisotopic (exact) mass is 178 g/mol. The molecular weight excluding hydrogens is 176 g/mol. The molecule has 56 valence electrons. The number of rotatable bonds is 4. The van der Waals surface area contributed by atoms with Crippen LogP contribution >= 0.6 is 11.1 Å². The molecule has 0 rings (SSSR count). The Balaban J connectivity index is 3.30. The van der Waals surface area contributed by atoms with E-state index >= 15 is 0 Å². The smallest absolute Gasteiger partial charge is 0.276 e. The minimum Gasteiger partial charge on any atom is -0.276 e. The minimum atomic E-state index is -4.32. The fourth-order valence-electron chi connectivity index (χ4n) is 0.0589. The summed E-state index contributed by atoms with van der Waals surface area (Å²) >= 11 is -0.421. The highest BCUT2D eigenvalue weighted by molar-refractivity contribution is 8.67. The molecule has 0 heterocycles. The van der Waals surface area contributed by atoms with Crippen LogP contribution in [0.2, 0.25) is 0 Å². The van der Waals surface area contributed by atoms with Gasteiger partial charge in [-0.3, -0.25) is 4.55 Å². The summed E-state index contributed by atoms with van der Waals surface area (Å²) < 4.78 is 30.7. The Morgan fingerprint density at radius 1 is 1.44 bits per heavy atom. The fourth-order valence-corrected chi connectivity index (χ4v) is 0.455. The van der Waals surface area contributed by atoms with Crippen molar-refractivity contribution in [2.45, 2.75) is 0 Å². The van der Waals surface area contributed by atoms with Gasteiger partial charge in [0.15, 0.2) is 11.1 Å². The van der Waals surface area contributed by atoms with E-state index in [0.29, 0.717) is 0 Å². The van der Waals surface area contributed by atoms with Crippen molar-refractivity contribution in [3.63, 3.8) is 0 Å². The van der Waals surface area contributed by atoms with Crippen LogP contribution in [0.1, 0.15) is 0 Å². The molecule has 9 heavy (non-hydrogen) atoms. The molecule has 9 heteroatoms. The molecular formula is H2O7S2. The van der Waals surface area contributed by atoms with Crippen molar-refractivity contribution in [2.75, 3.05) is 0 Å². The molecule has 0 aliphatic carbocycles. The first-order valence-corrected chi connectivity index (χ1v) is 4.06. The Hall–Kier alpha value is 0.1000. The summed E-state index contributed by atoms with van der Waals surface area (Å²) in [6, 6.07) is 0. The highest BCUT2D eigenvalue weighted by Crippen LogP contribution is 2.10. The SMILES string of the molecule is O=S(=O)(O)SOOOO. The molecule has 0 saturated carbocycles. The van der Waals surface area contributed by atoms with Gasteiger partial charge in [0.1, 0.15) is 0 Å². The van der Waals surface area contributed by atoms with E-state index in [1.165, 1.54) is 0 Å². The van der Waals surface area contributed by atoms with Crippen molar-refractivity contribution in [3.8, 4) is 0 Å². The maximum atomic E-state index is 9.68. The van der Waals surface area contributed by atoms with Gasteiger partial charge in [-0.15, -0.1) is 4.33 Å². The topological polar surface area (TPSA) is 102 Å². The second-order valence-corrected chi connectivity index (χ2v) is 3.51. The standard InChI is InChI=1S/H2O7S2/c1-5-6-7-8-9(2,3)4/h1H,(H,2,3,4). The third-order valence-corrected chi connectivity index (χ3v) is 1.14. The molecule has 0 aliphatic rings. The number of hydrogen-bond acceptors (Lipinski definition) is 7. The Morgan fingerprint density at radius 3 is 2.33 bits per heavy atom. The van der Waals surface area contributed by atoms with Gasteiger partial charge in [0.25, 0.3) is 0 Å². The fraction of sp³-hybridized carbons (Fsp3) is 0. The van der Waals surface area contributed by atoms with Crippen LogP contribution in [-0.4, -0.2) is 18.2 Å². The molecule has 0 atom stereocenters. The predicted molar refractivity (Wildman–Crippen MR) is 25.0 cm³/mol. The van der Waals surface area contributed by atoms with Gasteiger partial charge in [0.05, 0.1) is 0 Å². The molecule has 0 unspecified atom stereocenters. The van der Waals surface area contributed by atoms with Gasteiger partial charge in [-0.2, -0.15) is 8.42 Å². The van der Waals surface area contributed by atoms with Crippen molar-refractivity contribution < 1.29 is 32.6 Å². The molecule has 0 aromatic carbocycles. The van der Waals surface area contributed by atoms with E-state index in [4.69, 9.17) is 9.81 Å². The Morgan fingerprint density at radius 2 is 2.00 bits per heavy atom. The van der Waals surface area contributed by atoms with Crippen LogP contribution in [0.15, 0.2) is 0 Å².